The van der Waals surface area contributed by atoms with Crippen molar-refractivity contribution in [3.05, 3.63) is 63.9 Å². The fourth-order valence-corrected chi connectivity index (χ4v) is 6.01. The third-order valence-corrected chi connectivity index (χ3v) is 8.25. The van der Waals surface area contributed by atoms with Gasteiger partial charge in [0.05, 0.1) is 39.8 Å². The molecular formula is C29H33ClF3N9O3. The molecule has 3 amide bonds. The molecule has 3 heterocycles. The summed E-state index contributed by atoms with van der Waals surface area (Å²) in [4.78, 5) is 45.4. The van der Waals surface area contributed by atoms with E-state index in [1.54, 1.807) is 20.9 Å². The highest BCUT2D eigenvalue weighted by Gasteiger charge is 2.38. The van der Waals surface area contributed by atoms with E-state index >= 15 is 0 Å². The Bertz CT molecular complexity index is 1560. The lowest BCUT2D eigenvalue weighted by molar-refractivity contribution is -0.137. The van der Waals surface area contributed by atoms with E-state index in [0.717, 1.165) is 34.6 Å². The Hall–Kier alpha value is -4.50. The van der Waals surface area contributed by atoms with Gasteiger partial charge in [-0.15, -0.1) is 5.53 Å². The van der Waals surface area contributed by atoms with Crippen molar-refractivity contribution in [3.63, 3.8) is 0 Å². The molecule has 3 aliphatic heterocycles. The van der Waals surface area contributed by atoms with Crippen LogP contribution < -0.4 is 20.9 Å². The van der Waals surface area contributed by atoms with Crippen molar-refractivity contribution in [1.29, 1.82) is 0 Å². The van der Waals surface area contributed by atoms with Crippen LogP contribution in [-0.4, -0.2) is 97.6 Å². The molecule has 0 atom stereocenters. The number of amides is 3. The lowest BCUT2D eigenvalue weighted by Crippen LogP contribution is -2.54. The third-order valence-electron chi connectivity index (χ3n) is 7.93. The van der Waals surface area contributed by atoms with Crippen LogP contribution in [0.5, 0.6) is 0 Å². The Balaban J connectivity index is 1.31. The van der Waals surface area contributed by atoms with Gasteiger partial charge >= 0.3 is 6.18 Å². The number of allylic oxidation sites excluding steroid dienone is 1. The molecule has 0 unspecified atom stereocenters. The number of rotatable bonds is 7. The van der Waals surface area contributed by atoms with Crippen LogP contribution in [0.15, 0.2) is 52.9 Å². The first-order valence-electron chi connectivity index (χ1n) is 14.2. The predicted molar refractivity (Wildman–Crippen MR) is 164 cm³/mol. The fraction of sp³-hybridized carbons (Fsp3) is 0.379. The zero-order valence-corrected chi connectivity index (χ0v) is 25.7. The molecule has 0 radical (unpaired) electrons. The van der Waals surface area contributed by atoms with Crippen LogP contribution in [0, 0.1) is 0 Å². The summed E-state index contributed by atoms with van der Waals surface area (Å²) in [6, 6.07) is 8.24. The van der Waals surface area contributed by atoms with Gasteiger partial charge in [-0.05, 0) is 36.8 Å². The summed E-state index contributed by atoms with van der Waals surface area (Å²) in [5.74, 6) is -1.04. The highest BCUT2D eigenvalue weighted by Crippen LogP contribution is 2.36. The molecule has 0 saturated carbocycles. The molecule has 0 aliphatic carbocycles. The number of hydrazine groups is 2. The number of nitrogens with one attached hydrogen (secondary N) is 2. The summed E-state index contributed by atoms with van der Waals surface area (Å²) in [5, 5.41) is 10.9. The molecule has 5 rings (SSSR count). The number of carbonyl (C=O) groups is 3. The number of fused-ring (bicyclic) bond motifs is 1. The summed E-state index contributed by atoms with van der Waals surface area (Å²) >= 11 is 6.03. The van der Waals surface area contributed by atoms with E-state index < -0.39 is 17.6 Å². The van der Waals surface area contributed by atoms with Crippen molar-refractivity contribution < 1.29 is 27.6 Å². The third kappa shape index (κ3) is 6.22. The molecule has 16 heteroatoms. The monoisotopic (exact) mass is 647 g/mol. The molecular weight excluding hydrogens is 615 g/mol. The van der Waals surface area contributed by atoms with Crippen molar-refractivity contribution in [2.75, 3.05) is 68.8 Å². The van der Waals surface area contributed by atoms with Gasteiger partial charge in [-0.2, -0.15) is 18.3 Å². The van der Waals surface area contributed by atoms with Crippen molar-refractivity contribution in [1.82, 2.24) is 25.2 Å². The first kappa shape index (κ1) is 31.9. The fourth-order valence-electron chi connectivity index (χ4n) is 5.79. The summed E-state index contributed by atoms with van der Waals surface area (Å²) in [5.41, 5.74) is 5.43. The summed E-state index contributed by atoms with van der Waals surface area (Å²) in [6.07, 6.45) is -4.17. The Labute approximate surface area is 263 Å². The summed E-state index contributed by atoms with van der Waals surface area (Å²) in [7, 11) is 3.71. The number of carbonyl (C=O) groups excluding carboxylic acids is 3. The second-order valence-corrected chi connectivity index (χ2v) is 11.2. The topological polar surface area (TPSA) is 107 Å². The van der Waals surface area contributed by atoms with Crippen LogP contribution in [-0.2, 0) is 15.8 Å². The molecule has 45 heavy (non-hydrogen) atoms. The first-order chi connectivity index (χ1) is 21.3. The number of alkyl halides is 3. The highest BCUT2D eigenvalue weighted by atomic mass is 35.5. The van der Waals surface area contributed by atoms with Crippen LogP contribution in [0.1, 0.15) is 29.3 Å². The molecule has 0 aromatic heterocycles. The van der Waals surface area contributed by atoms with Crippen molar-refractivity contribution >= 4 is 53.1 Å². The average molecular weight is 648 g/mol. The highest BCUT2D eigenvalue weighted by molar-refractivity contribution is 6.33. The van der Waals surface area contributed by atoms with Gasteiger partial charge in [-0.25, -0.2) is 5.01 Å². The first-order valence-corrected chi connectivity index (χ1v) is 14.6. The minimum absolute atomic E-state index is 0.0298. The van der Waals surface area contributed by atoms with Crippen LogP contribution in [0.2, 0.25) is 5.02 Å². The SMILES string of the molecule is C=NN1CN(CC(=O)Nc2ccc(C(F)(F)F)cc2Cl)C(CC)=C(N2CCN(C(=O)c3cccc4c3N(C)NN4C)CC2)C1=O. The largest absolute Gasteiger partial charge is 0.416 e. The zero-order chi connectivity index (χ0) is 32.6. The maximum atomic E-state index is 13.6. The van der Waals surface area contributed by atoms with E-state index in [1.807, 2.05) is 43.1 Å². The number of halogens is 4. The Morgan fingerprint density at radius 3 is 2.42 bits per heavy atom. The number of hydrazone groups is 1. The normalized spacial score (nSPS) is 17.3. The van der Waals surface area contributed by atoms with E-state index in [1.165, 1.54) is 0 Å². The van der Waals surface area contributed by atoms with Gasteiger partial charge in [0.1, 0.15) is 12.4 Å². The molecule has 2 aromatic rings. The Kier molecular flexibility index (Phi) is 8.85. The number of nitrogens with zero attached hydrogens (tertiary/aromatic N) is 7. The van der Waals surface area contributed by atoms with E-state index in [-0.39, 0.29) is 35.7 Å². The number of piperazine rings is 1. The maximum Gasteiger partial charge on any atom is 0.416 e. The Morgan fingerprint density at radius 2 is 1.80 bits per heavy atom. The molecule has 2 aromatic carbocycles. The van der Waals surface area contributed by atoms with E-state index in [2.05, 4.69) is 22.7 Å². The number of para-hydroxylation sites is 1. The van der Waals surface area contributed by atoms with Crippen molar-refractivity contribution in [2.45, 2.75) is 19.5 Å². The maximum absolute atomic E-state index is 13.6. The number of hydrogen-bond acceptors (Lipinski definition) is 9. The minimum atomic E-state index is -4.57. The van der Waals surface area contributed by atoms with Crippen LogP contribution in [0.25, 0.3) is 0 Å². The van der Waals surface area contributed by atoms with E-state index in [0.29, 0.717) is 49.6 Å². The smallest absolute Gasteiger partial charge is 0.362 e. The second-order valence-electron chi connectivity index (χ2n) is 10.7. The molecule has 240 valence electrons. The van der Waals surface area contributed by atoms with Gasteiger partial charge in [0.25, 0.3) is 11.8 Å². The van der Waals surface area contributed by atoms with E-state index in [9.17, 15) is 27.6 Å². The standard InChI is InChI=1S/C29H33ClF3N9O3/c1-5-22-26(39-11-13-40(14-12-39)27(44)19-7-6-8-23-25(19)38(4)36-37(23)3)28(45)42(34-2)17-41(22)16-24(43)35-21-10-9-18(15-20(21)30)29(31,32)33/h6-10,15,36H,2,5,11-14,16-17H2,1,3-4H3,(H,35,43). The van der Waals surface area contributed by atoms with Gasteiger partial charge in [0.2, 0.25) is 5.91 Å². The molecule has 0 spiro atoms. The lowest BCUT2D eigenvalue weighted by Gasteiger charge is -2.43. The summed E-state index contributed by atoms with van der Waals surface area (Å²) < 4.78 is 39.1. The predicted octanol–water partition coefficient (Wildman–Crippen LogP) is 3.40. The number of benzene rings is 2. The van der Waals surface area contributed by atoms with Gasteiger partial charge in [0.15, 0.2) is 0 Å². The molecule has 1 saturated heterocycles. The molecule has 1 fully saturated rings. The van der Waals surface area contributed by atoms with Crippen LogP contribution in [0.3, 0.4) is 0 Å². The van der Waals surface area contributed by atoms with Gasteiger partial charge in [-0.1, -0.05) is 24.6 Å². The van der Waals surface area contributed by atoms with Gasteiger partial charge in [-0.3, -0.25) is 24.4 Å². The van der Waals surface area contributed by atoms with Crippen molar-refractivity contribution in [3.8, 4) is 0 Å². The van der Waals surface area contributed by atoms with Gasteiger partial charge in [0, 0.05) is 52.7 Å². The molecule has 12 nitrogen and oxygen atoms in total. The molecule has 2 N–H and O–H groups in total. The zero-order valence-electron chi connectivity index (χ0n) is 25.0. The van der Waals surface area contributed by atoms with E-state index in [4.69, 9.17) is 11.6 Å². The van der Waals surface area contributed by atoms with Crippen LogP contribution >= 0.6 is 11.6 Å². The summed E-state index contributed by atoms with van der Waals surface area (Å²) in [6.45, 7) is 6.54. The lowest BCUT2D eigenvalue weighted by atomic mass is 10.1. The van der Waals surface area contributed by atoms with Gasteiger partial charge < -0.3 is 20.0 Å². The number of hydrogen-bond donors (Lipinski definition) is 2. The quantitative estimate of drug-likeness (QED) is 0.441. The molecule has 0 bridgehead atoms. The van der Waals surface area contributed by atoms with Crippen LogP contribution in [0.4, 0.5) is 30.2 Å². The minimum Gasteiger partial charge on any atom is -0.362 e. The Morgan fingerprint density at radius 1 is 1.09 bits per heavy atom. The molecule has 3 aliphatic rings. The number of anilines is 3. The van der Waals surface area contributed by atoms with Crippen molar-refractivity contribution in [2.24, 2.45) is 5.10 Å². The average Bonchev–Trinajstić information content (AvgIpc) is 3.30. The second kappa shape index (κ2) is 12.5.